The lowest BCUT2D eigenvalue weighted by atomic mass is 10.1. The van der Waals surface area contributed by atoms with Gasteiger partial charge in [-0.2, -0.15) is 0 Å². The first-order valence-corrected chi connectivity index (χ1v) is 16.5. The topological polar surface area (TPSA) is 27.7 Å². The first-order chi connectivity index (χ1) is 14.1. The number of alkyl halides is 1. The molecule has 0 heterocycles. The van der Waals surface area contributed by atoms with Crippen LogP contribution in [0.15, 0.2) is 0 Å². The van der Waals surface area contributed by atoms with Crippen molar-refractivity contribution in [1.82, 2.24) is 0 Å². The van der Waals surface area contributed by atoms with Crippen LogP contribution in [0.4, 0.5) is 0 Å². The normalized spacial score (nSPS) is 13.1. The maximum Gasteiger partial charge on any atom is 0.333 e. The SMILES string of the molecule is CCCCCCCCCCCC(OCCCC)O[Si](C)(C)OCCCCCCBr. The molecule has 0 aromatic heterocycles. The number of rotatable bonds is 23. The van der Waals surface area contributed by atoms with Gasteiger partial charge in [-0.05, 0) is 45.2 Å². The number of ether oxygens (including phenoxy) is 1. The van der Waals surface area contributed by atoms with Crippen molar-refractivity contribution < 1.29 is 13.6 Å². The Bertz CT molecular complexity index is 329. The van der Waals surface area contributed by atoms with Gasteiger partial charge in [0, 0.05) is 18.5 Å². The first kappa shape index (κ1) is 29.6. The van der Waals surface area contributed by atoms with E-state index in [1.165, 1.54) is 77.0 Å². The van der Waals surface area contributed by atoms with Gasteiger partial charge in [0.2, 0.25) is 0 Å². The maximum absolute atomic E-state index is 6.37. The third kappa shape index (κ3) is 21.6. The van der Waals surface area contributed by atoms with Crippen LogP contribution >= 0.6 is 15.9 Å². The average Bonchev–Trinajstić information content (AvgIpc) is 2.69. The molecule has 0 N–H and O–H groups in total. The molecule has 0 aromatic carbocycles. The van der Waals surface area contributed by atoms with Crippen molar-refractivity contribution in [2.75, 3.05) is 18.5 Å². The smallest absolute Gasteiger partial charge is 0.333 e. The Labute approximate surface area is 192 Å². The van der Waals surface area contributed by atoms with E-state index in [1.54, 1.807) is 0 Å². The molecule has 0 bridgehead atoms. The molecule has 0 saturated heterocycles. The maximum atomic E-state index is 6.37. The molecule has 0 aliphatic heterocycles. The Kier molecular flexibility index (Phi) is 22.2. The predicted octanol–water partition coefficient (Wildman–Crippen LogP) is 8.74. The molecule has 29 heavy (non-hydrogen) atoms. The van der Waals surface area contributed by atoms with E-state index in [0.717, 1.165) is 44.2 Å². The highest BCUT2D eigenvalue weighted by Crippen LogP contribution is 2.18. The third-order valence-corrected chi connectivity index (χ3v) is 7.53. The van der Waals surface area contributed by atoms with E-state index in [0.29, 0.717) is 0 Å². The van der Waals surface area contributed by atoms with E-state index >= 15 is 0 Å². The van der Waals surface area contributed by atoms with Crippen LogP contribution < -0.4 is 0 Å². The molecule has 0 saturated carbocycles. The monoisotopic (exact) mass is 494 g/mol. The van der Waals surface area contributed by atoms with Gasteiger partial charge in [0.15, 0.2) is 0 Å². The molecular formula is C24H51BrO3Si. The minimum atomic E-state index is -2.12. The Morgan fingerprint density at radius 1 is 0.655 bits per heavy atom. The molecule has 0 aromatic rings. The zero-order chi connectivity index (χ0) is 21.6. The zero-order valence-corrected chi connectivity index (χ0v) is 22.7. The van der Waals surface area contributed by atoms with Crippen molar-refractivity contribution in [2.45, 2.75) is 136 Å². The number of halogens is 1. The molecule has 176 valence electrons. The minimum absolute atomic E-state index is 0.0823. The largest absolute Gasteiger partial charge is 0.394 e. The molecule has 0 radical (unpaired) electrons. The second kappa shape index (κ2) is 21.8. The Hall–Kier alpha value is 0.577. The van der Waals surface area contributed by atoms with Crippen molar-refractivity contribution in [1.29, 1.82) is 0 Å². The van der Waals surface area contributed by atoms with Crippen molar-refractivity contribution >= 4 is 24.5 Å². The molecule has 0 rings (SSSR count). The van der Waals surface area contributed by atoms with Crippen LogP contribution in [0.1, 0.15) is 117 Å². The van der Waals surface area contributed by atoms with E-state index in [2.05, 4.69) is 42.9 Å². The van der Waals surface area contributed by atoms with Gasteiger partial charge in [-0.3, -0.25) is 0 Å². The van der Waals surface area contributed by atoms with E-state index in [9.17, 15) is 0 Å². The summed E-state index contributed by atoms with van der Waals surface area (Å²) in [6, 6.07) is 0. The van der Waals surface area contributed by atoms with Crippen LogP contribution in [0.5, 0.6) is 0 Å². The summed E-state index contributed by atoms with van der Waals surface area (Å²) in [5.74, 6) is 0. The van der Waals surface area contributed by atoms with E-state index in [1.807, 2.05) is 0 Å². The van der Waals surface area contributed by atoms with Crippen LogP contribution in [0.2, 0.25) is 13.1 Å². The minimum Gasteiger partial charge on any atom is -0.394 e. The van der Waals surface area contributed by atoms with Crippen LogP contribution in [-0.4, -0.2) is 33.4 Å². The molecule has 1 unspecified atom stereocenters. The van der Waals surface area contributed by atoms with Crippen LogP contribution in [0.3, 0.4) is 0 Å². The molecule has 5 heteroatoms. The van der Waals surface area contributed by atoms with Crippen molar-refractivity contribution in [3.63, 3.8) is 0 Å². The van der Waals surface area contributed by atoms with E-state index in [-0.39, 0.29) is 6.29 Å². The Morgan fingerprint density at radius 2 is 1.21 bits per heavy atom. The van der Waals surface area contributed by atoms with Gasteiger partial charge >= 0.3 is 8.56 Å². The molecule has 0 aliphatic carbocycles. The summed E-state index contributed by atoms with van der Waals surface area (Å²) in [5.41, 5.74) is 0. The second-order valence-electron chi connectivity index (χ2n) is 8.74. The highest BCUT2D eigenvalue weighted by atomic mass is 79.9. The van der Waals surface area contributed by atoms with E-state index in [4.69, 9.17) is 13.6 Å². The number of unbranched alkanes of at least 4 members (excludes halogenated alkanes) is 12. The molecule has 0 spiro atoms. The molecular weight excluding hydrogens is 444 g/mol. The standard InChI is InChI=1S/C24H51BrO3Si/c1-5-7-9-10-11-12-13-14-17-20-24(26-22-8-6-2)28-29(3,4)27-23-19-16-15-18-21-25/h24H,5-23H2,1-4H3. The molecule has 1 atom stereocenters. The van der Waals surface area contributed by atoms with Crippen LogP contribution in [0, 0.1) is 0 Å². The highest BCUT2D eigenvalue weighted by molar-refractivity contribution is 9.09. The van der Waals surface area contributed by atoms with Gasteiger partial charge in [0.05, 0.1) is 0 Å². The Balaban J connectivity index is 4.02. The average molecular weight is 496 g/mol. The fourth-order valence-corrected chi connectivity index (χ4v) is 5.30. The van der Waals surface area contributed by atoms with Crippen molar-refractivity contribution in [2.24, 2.45) is 0 Å². The number of hydrogen-bond acceptors (Lipinski definition) is 3. The molecule has 0 fully saturated rings. The van der Waals surface area contributed by atoms with Crippen LogP contribution in [-0.2, 0) is 13.6 Å². The lowest BCUT2D eigenvalue weighted by molar-refractivity contribution is -0.104. The summed E-state index contributed by atoms with van der Waals surface area (Å²) >= 11 is 3.49. The summed E-state index contributed by atoms with van der Waals surface area (Å²) in [6.07, 6.45) is 20.3. The van der Waals surface area contributed by atoms with Gasteiger partial charge in [-0.25, -0.2) is 0 Å². The summed E-state index contributed by atoms with van der Waals surface area (Å²) in [4.78, 5) is 0. The second-order valence-corrected chi connectivity index (χ2v) is 12.9. The highest BCUT2D eigenvalue weighted by Gasteiger charge is 2.29. The summed E-state index contributed by atoms with van der Waals surface area (Å²) in [7, 11) is -2.12. The van der Waals surface area contributed by atoms with Crippen LogP contribution in [0.25, 0.3) is 0 Å². The molecule has 3 nitrogen and oxygen atoms in total. The molecule has 0 aliphatic rings. The lowest BCUT2D eigenvalue weighted by Crippen LogP contribution is -2.40. The van der Waals surface area contributed by atoms with Gasteiger partial charge < -0.3 is 13.6 Å². The summed E-state index contributed by atoms with van der Waals surface area (Å²) in [6.45, 7) is 10.4. The summed E-state index contributed by atoms with van der Waals surface area (Å²) in [5, 5.41) is 1.10. The summed E-state index contributed by atoms with van der Waals surface area (Å²) < 4.78 is 18.6. The van der Waals surface area contributed by atoms with E-state index < -0.39 is 8.56 Å². The third-order valence-electron chi connectivity index (χ3n) is 5.24. The van der Waals surface area contributed by atoms with Gasteiger partial charge in [-0.1, -0.05) is 100 Å². The molecule has 0 amide bonds. The first-order valence-electron chi connectivity index (χ1n) is 12.5. The van der Waals surface area contributed by atoms with Gasteiger partial charge in [-0.15, -0.1) is 0 Å². The quantitative estimate of drug-likeness (QED) is 0.0614. The van der Waals surface area contributed by atoms with Gasteiger partial charge in [0.1, 0.15) is 6.29 Å². The van der Waals surface area contributed by atoms with Gasteiger partial charge in [0.25, 0.3) is 0 Å². The number of hydrogen-bond donors (Lipinski definition) is 0. The Morgan fingerprint density at radius 3 is 1.83 bits per heavy atom. The fraction of sp³-hybridized carbons (Fsp3) is 1.00. The van der Waals surface area contributed by atoms with Crippen molar-refractivity contribution in [3.8, 4) is 0 Å². The fourth-order valence-electron chi connectivity index (χ4n) is 3.38. The zero-order valence-electron chi connectivity index (χ0n) is 20.1. The van der Waals surface area contributed by atoms with Crippen molar-refractivity contribution in [3.05, 3.63) is 0 Å². The predicted molar refractivity (Wildman–Crippen MR) is 133 cm³/mol. The lowest BCUT2D eigenvalue weighted by Gasteiger charge is -2.29.